The second-order valence-corrected chi connectivity index (χ2v) is 18.9. The molecule has 6 heteroatoms. The van der Waals surface area contributed by atoms with Crippen molar-refractivity contribution >= 4 is 17.9 Å². The number of carbonyl (C=O) groups is 3. The van der Waals surface area contributed by atoms with Gasteiger partial charge in [0.2, 0.25) is 0 Å². The van der Waals surface area contributed by atoms with Gasteiger partial charge >= 0.3 is 17.9 Å². The molecule has 0 aliphatic rings. The smallest absolute Gasteiger partial charge is 0.306 e. The highest BCUT2D eigenvalue weighted by Gasteiger charge is 2.19. The Morgan fingerprint density at radius 1 is 0.319 bits per heavy atom. The van der Waals surface area contributed by atoms with Crippen molar-refractivity contribution in [3.05, 3.63) is 97.2 Å². The molecule has 0 radical (unpaired) electrons. The van der Waals surface area contributed by atoms with Crippen LogP contribution in [0.1, 0.15) is 265 Å². The van der Waals surface area contributed by atoms with Gasteiger partial charge in [-0.3, -0.25) is 14.4 Å². The predicted octanol–water partition coefficient (Wildman–Crippen LogP) is 19.3. The lowest BCUT2D eigenvalue weighted by atomic mass is 10.1. The lowest BCUT2D eigenvalue weighted by molar-refractivity contribution is -0.167. The van der Waals surface area contributed by atoms with Gasteiger partial charge in [0.25, 0.3) is 0 Å². The third-order valence-electron chi connectivity index (χ3n) is 12.2. The van der Waals surface area contributed by atoms with Crippen LogP contribution in [0.3, 0.4) is 0 Å². The van der Waals surface area contributed by atoms with E-state index in [9.17, 15) is 14.4 Å². The molecule has 0 aromatic heterocycles. The summed E-state index contributed by atoms with van der Waals surface area (Å²) in [4.78, 5) is 38.2. The number of unbranched alkanes of at least 4 members (excludes halogenated alkanes) is 28. The molecule has 394 valence electrons. The molecule has 0 spiro atoms. The number of rotatable bonds is 51. The van der Waals surface area contributed by atoms with Crippen molar-refractivity contribution in [2.75, 3.05) is 13.2 Å². The maximum Gasteiger partial charge on any atom is 0.306 e. The Bertz CT molecular complexity index is 1380. The normalized spacial score (nSPS) is 12.8. The van der Waals surface area contributed by atoms with E-state index in [-0.39, 0.29) is 31.1 Å². The van der Waals surface area contributed by atoms with Crippen molar-refractivity contribution in [1.29, 1.82) is 0 Å². The molecule has 0 aliphatic carbocycles. The van der Waals surface area contributed by atoms with Crippen LogP contribution in [-0.4, -0.2) is 37.2 Å². The largest absolute Gasteiger partial charge is 0.462 e. The quantitative estimate of drug-likeness (QED) is 0.0199. The van der Waals surface area contributed by atoms with Gasteiger partial charge in [-0.15, -0.1) is 0 Å². The molecule has 6 nitrogen and oxygen atoms in total. The summed E-state index contributed by atoms with van der Waals surface area (Å²) in [6, 6.07) is 0. The Balaban J connectivity index is 4.43. The highest BCUT2D eigenvalue weighted by Crippen LogP contribution is 2.15. The summed E-state index contributed by atoms with van der Waals surface area (Å²) in [5.41, 5.74) is 0. The lowest BCUT2D eigenvalue weighted by Crippen LogP contribution is -2.30. The highest BCUT2D eigenvalue weighted by atomic mass is 16.6. The molecule has 0 fully saturated rings. The minimum atomic E-state index is -0.795. The fourth-order valence-corrected chi connectivity index (χ4v) is 7.83. The van der Waals surface area contributed by atoms with E-state index in [1.165, 1.54) is 128 Å². The molecule has 0 aliphatic heterocycles. The summed E-state index contributed by atoms with van der Waals surface area (Å²) in [6.45, 7) is 6.43. The first-order valence-corrected chi connectivity index (χ1v) is 28.8. The average molecular weight is 960 g/mol. The van der Waals surface area contributed by atoms with Gasteiger partial charge in [0.1, 0.15) is 13.2 Å². The molecular weight excluding hydrogens is 853 g/mol. The van der Waals surface area contributed by atoms with Crippen molar-refractivity contribution < 1.29 is 28.6 Å². The molecular formula is C63H106O6. The standard InChI is InChI=1S/C63H106O6/c1-4-7-10-13-16-19-22-25-28-30-31-33-35-38-41-44-47-50-53-56-62(65)68-59-60(58-67-61(64)55-52-49-46-43-40-37-34-27-24-21-18-15-12-9-6-3)69-63(66)57-54-51-48-45-42-39-36-32-29-26-23-20-17-14-11-8-5-2/h9,12,15-22,24-27,29,34,60H,4-8,10-11,13-14,23,28,30-33,35-59H2,1-3H3/b12-9-,18-15-,19-16-,20-17-,24-21-,25-22-,29-26-,34-27-. The summed E-state index contributed by atoms with van der Waals surface area (Å²) < 4.78 is 16.9. The van der Waals surface area contributed by atoms with Crippen molar-refractivity contribution in [2.45, 2.75) is 271 Å². The van der Waals surface area contributed by atoms with Crippen LogP contribution >= 0.6 is 0 Å². The van der Waals surface area contributed by atoms with Crippen LogP contribution in [0.2, 0.25) is 0 Å². The molecule has 0 heterocycles. The van der Waals surface area contributed by atoms with E-state index in [2.05, 4.69) is 99.8 Å². The zero-order valence-electron chi connectivity index (χ0n) is 45.0. The van der Waals surface area contributed by atoms with Crippen molar-refractivity contribution in [3.63, 3.8) is 0 Å². The summed E-state index contributed by atoms with van der Waals surface area (Å²) in [5.74, 6) is -0.922. The van der Waals surface area contributed by atoms with Crippen molar-refractivity contribution in [3.8, 4) is 0 Å². The van der Waals surface area contributed by atoms with Gasteiger partial charge in [-0.2, -0.15) is 0 Å². The van der Waals surface area contributed by atoms with E-state index in [1.54, 1.807) is 0 Å². The Kier molecular flexibility index (Phi) is 53.9. The first-order chi connectivity index (χ1) is 34.0. The van der Waals surface area contributed by atoms with Crippen LogP contribution < -0.4 is 0 Å². The van der Waals surface area contributed by atoms with Gasteiger partial charge in [0.15, 0.2) is 6.10 Å². The van der Waals surface area contributed by atoms with E-state index in [1.807, 2.05) is 18.2 Å². The molecule has 0 amide bonds. The first-order valence-electron chi connectivity index (χ1n) is 28.8. The summed E-state index contributed by atoms with van der Waals surface area (Å²) in [6.07, 6.45) is 75.3. The monoisotopic (exact) mass is 959 g/mol. The van der Waals surface area contributed by atoms with Crippen LogP contribution in [0.25, 0.3) is 0 Å². The number of ether oxygens (including phenoxy) is 3. The van der Waals surface area contributed by atoms with E-state index in [0.29, 0.717) is 19.3 Å². The van der Waals surface area contributed by atoms with Gasteiger partial charge in [0, 0.05) is 19.3 Å². The summed E-state index contributed by atoms with van der Waals surface area (Å²) in [5, 5.41) is 0. The molecule has 1 atom stereocenters. The topological polar surface area (TPSA) is 78.9 Å². The molecule has 69 heavy (non-hydrogen) atoms. The lowest BCUT2D eigenvalue weighted by Gasteiger charge is -2.18. The maximum absolute atomic E-state index is 12.9. The van der Waals surface area contributed by atoms with E-state index in [0.717, 1.165) is 96.3 Å². The fraction of sp³-hybridized carbons (Fsp3) is 0.698. The van der Waals surface area contributed by atoms with Gasteiger partial charge in [-0.05, 0) is 96.3 Å². The Morgan fingerprint density at radius 2 is 0.623 bits per heavy atom. The second kappa shape index (κ2) is 56.9. The van der Waals surface area contributed by atoms with Crippen molar-refractivity contribution in [1.82, 2.24) is 0 Å². The third-order valence-corrected chi connectivity index (χ3v) is 12.2. The molecule has 1 unspecified atom stereocenters. The van der Waals surface area contributed by atoms with Crippen LogP contribution in [0, 0.1) is 0 Å². The van der Waals surface area contributed by atoms with Crippen LogP contribution in [0.5, 0.6) is 0 Å². The molecule has 0 aromatic rings. The van der Waals surface area contributed by atoms with Gasteiger partial charge in [-0.25, -0.2) is 0 Å². The number of allylic oxidation sites excluding steroid dienone is 16. The maximum atomic E-state index is 12.9. The van der Waals surface area contributed by atoms with Gasteiger partial charge in [0.05, 0.1) is 0 Å². The van der Waals surface area contributed by atoms with Crippen molar-refractivity contribution in [2.24, 2.45) is 0 Å². The minimum absolute atomic E-state index is 0.0908. The molecule has 0 saturated carbocycles. The zero-order chi connectivity index (χ0) is 50.0. The summed E-state index contributed by atoms with van der Waals surface area (Å²) in [7, 11) is 0. The molecule has 0 bridgehead atoms. The minimum Gasteiger partial charge on any atom is -0.462 e. The third kappa shape index (κ3) is 55.1. The fourth-order valence-electron chi connectivity index (χ4n) is 7.83. The summed E-state index contributed by atoms with van der Waals surface area (Å²) >= 11 is 0. The van der Waals surface area contributed by atoms with E-state index >= 15 is 0 Å². The number of carbonyl (C=O) groups excluding carboxylic acids is 3. The van der Waals surface area contributed by atoms with Gasteiger partial charge < -0.3 is 14.2 Å². The molecule has 0 aromatic carbocycles. The first kappa shape index (κ1) is 65.3. The Hall–Kier alpha value is -3.67. The number of hydrogen-bond acceptors (Lipinski definition) is 6. The number of hydrogen-bond donors (Lipinski definition) is 0. The zero-order valence-corrected chi connectivity index (χ0v) is 45.0. The van der Waals surface area contributed by atoms with Gasteiger partial charge in [-0.1, -0.05) is 246 Å². The average Bonchev–Trinajstić information content (AvgIpc) is 3.35. The highest BCUT2D eigenvalue weighted by molar-refractivity contribution is 5.71. The van der Waals surface area contributed by atoms with Crippen LogP contribution in [0.15, 0.2) is 97.2 Å². The SMILES string of the molecule is CC\C=C/C=C\C=C/C=C\CCCCCCCC(=O)OCC(COC(=O)CCCCCCCCCCCC/C=C\C=C/CCCCC)OC(=O)CCCCCCCCC/C=C\C/C=C\CCCCC. The number of esters is 3. The second-order valence-electron chi connectivity index (χ2n) is 18.9. The van der Waals surface area contributed by atoms with Crippen LogP contribution in [0.4, 0.5) is 0 Å². The molecule has 0 N–H and O–H groups in total. The Labute approximate surface area is 426 Å². The van der Waals surface area contributed by atoms with E-state index < -0.39 is 6.10 Å². The molecule has 0 rings (SSSR count). The van der Waals surface area contributed by atoms with Crippen LogP contribution in [-0.2, 0) is 28.6 Å². The van der Waals surface area contributed by atoms with E-state index in [4.69, 9.17) is 14.2 Å². The Morgan fingerprint density at radius 3 is 1.01 bits per heavy atom. The molecule has 0 saturated heterocycles. The predicted molar refractivity (Wildman–Crippen MR) is 297 cm³/mol.